The molecule has 0 aliphatic heterocycles. The number of nitrogens with two attached hydrogens (primary N) is 1. The summed E-state index contributed by atoms with van der Waals surface area (Å²) in [5.41, 5.74) is 6.74. The van der Waals surface area contributed by atoms with E-state index in [-0.39, 0.29) is 5.54 Å². The van der Waals surface area contributed by atoms with Crippen LogP contribution in [0.25, 0.3) is 0 Å². The molecule has 0 saturated carbocycles. The second-order valence-electron chi connectivity index (χ2n) is 3.85. The maximum absolute atomic E-state index is 5.91. The maximum Gasteiger partial charge on any atom is 0.125 e. The molecule has 1 rings (SSSR count). The number of methoxy groups -OCH3 is 1. The summed E-state index contributed by atoms with van der Waals surface area (Å²) in [5, 5.41) is 0. The third-order valence-corrected chi connectivity index (χ3v) is 1.72. The van der Waals surface area contributed by atoms with Gasteiger partial charge in [0.15, 0.2) is 0 Å². The van der Waals surface area contributed by atoms with Crippen molar-refractivity contribution in [2.75, 3.05) is 7.11 Å². The van der Waals surface area contributed by atoms with Crippen molar-refractivity contribution in [2.45, 2.75) is 25.8 Å². The summed E-state index contributed by atoms with van der Waals surface area (Å²) in [6.45, 7) is 3.97. The van der Waals surface area contributed by atoms with E-state index in [2.05, 4.69) is 4.98 Å². The summed E-state index contributed by atoms with van der Waals surface area (Å²) < 4.78 is 5.20. The number of aromatic nitrogens is 1. The topological polar surface area (TPSA) is 48.1 Å². The molecule has 0 fully saturated rings. The van der Waals surface area contributed by atoms with Crippen molar-refractivity contribution in [1.82, 2.24) is 4.98 Å². The van der Waals surface area contributed by atoms with Gasteiger partial charge in [-0.05, 0) is 26.3 Å². The Kier molecular flexibility index (Phi) is 2.88. The van der Waals surface area contributed by atoms with Gasteiger partial charge in [-0.1, -0.05) is 0 Å². The van der Waals surface area contributed by atoms with E-state index in [0.717, 1.165) is 17.7 Å². The molecule has 1 heterocycles. The Labute approximate surface area is 78.9 Å². The Bertz CT molecular complexity index is 278. The van der Waals surface area contributed by atoms with E-state index in [1.54, 1.807) is 19.5 Å². The summed E-state index contributed by atoms with van der Waals surface area (Å²) in [7, 11) is 1.66. The Hall–Kier alpha value is -1.09. The number of hydrogen-bond donors (Lipinski definition) is 1. The molecule has 0 spiro atoms. The van der Waals surface area contributed by atoms with Gasteiger partial charge >= 0.3 is 0 Å². The first-order chi connectivity index (χ1) is 6.03. The van der Waals surface area contributed by atoms with Gasteiger partial charge in [-0.15, -0.1) is 0 Å². The molecule has 0 aliphatic carbocycles. The van der Waals surface area contributed by atoms with Gasteiger partial charge in [0.05, 0.1) is 7.11 Å². The molecular formula is C10H16N2O. The maximum atomic E-state index is 5.91. The van der Waals surface area contributed by atoms with Crippen LogP contribution < -0.4 is 10.5 Å². The van der Waals surface area contributed by atoms with Gasteiger partial charge in [0.1, 0.15) is 5.75 Å². The van der Waals surface area contributed by atoms with Crippen LogP contribution in [0.5, 0.6) is 5.75 Å². The minimum Gasteiger partial charge on any atom is -0.496 e. The van der Waals surface area contributed by atoms with E-state index in [1.165, 1.54) is 0 Å². The molecule has 1 aromatic rings. The summed E-state index contributed by atoms with van der Waals surface area (Å²) in [4.78, 5) is 4.04. The summed E-state index contributed by atoms with van der Waals surface area (Å²) in [5.74, 6) is 0.855. The molecule has 0 aliphatic rings. The first-order valence-corrected chi connectivity index (χ1v) is 4.29. The Morgan fingerprint density at radius 3 is 2.77 bits per heavy atom. The zero-order chi connectivity index (χ0) is 9.90. The molecule has 3 nitrogen and oxygen atoms in total. The third kappa shape index (κ3) is 3.03. The van der Waals surface area contributed by atoms with Crippen LogP contribution >= 0.6 is 0 Å². The smallest absolute Gasteiger partial charge is 0.125 e. The van der Waals surface area contributed by atoms with Crippen molar-refractivity contribution in [3.63, 3.8) is 0 Å². The van der Waals surface area contributed by atoms with Crippen molar-refractivity contribution in [2.24, 2.45) is 5.73 Å². The minimum atomic E-state index is -0.226. The van der Waals surface area contributed by atoms with Crippen LogP contribution in [-0.2, 0) is 6.42 Å². The lowest BCUT2D eigenvalue weighted by Crippen LogP contribution is -2.34. The average molecular weight is 180 g/mol. The van der Waals surface area contributed by atoms with Gasteiger partial charge in [0, 0.05) is 23.5 Å². The molecule has 1 aromatic heterocycles. The number of rotatable bonds is 3. The van der Waals surface area contributed by atoms with Crippen molar-refractivity contribution in [3.8, 4) is 5.75 Å². The summed E-state index contributed by atoms with van der Waals surface area (Å²) >= 11 is 0. The quantitative estimate of drug-likeness (QED) is 0.764. The monoisotopic (exact) mass is 180 g/mol. The molecular weight excluding hydrogens is 164 g/mol. The predicted octanol–water partition coefficient (Wildman–Crippen LogP) is 1.37. The SMILES string of the molecule is COc1ccncc1CC(C)(C)N. The van der Waals surface area contributed by atoms with Crippen molar-refractivity contribution < 1.29 is 4.74 Å². The van der Waals surface area contributed by atoms with Crippen LogP contribution in [0.3, 0.4) is 0 Å². The van der Waals surface area contributed by atoms with Crippen LogP contribution in [-0.4, -0.2) is 17.6 Å². The molecule has 0 saturated heterocycles. The van der Waals surface area contributed by atoms with E-state index in [1.807, 2.05) is 19.9 Å². The lowest BCUT2D eigenvalue weighted by molar-refractivity contribution is 0.401. The predicted molar refractivity (Wildman–Crippen MR) is 52.8 cm³/mol. The Morgan fingerprint density at radius 2 is 2.23 bits per heavy atom. The molecule has 0 bridgehead atoms. The zero-order valence-electron chi connectivity index (χ0n) is 8.37. The summed E-state index contributed by atoms with van der Waals surface area (Å²) in [6, 6.07) is 1.85. The number of hydrogen-bond acceptors (Lipinski definition) is 3. The standard InChI is InChI=1S/C10H16N2O/c1-10(2,11)6-8-7-12-5-4-9(8)13-3/h4-5,7H,6,11H2,1-3H3. The number of ether oxygens (including phenoxy) is 1. The van der Waals surface area contributed by atoms with Gasteiger partial charge in [0.25, 0.3) is 0 Å². The molecule has 0 amide bonds. The van der Waals surface area contributed by atoms with Crippen LogP contribution in [0.1, 0.15) is 19.4 Å². The highest BCUT2D eigenvalue weighted by Gasteiger charge is 2.14. The first-order valence-electron chi connectivity index (χ1n) is 4.29. The van der Waals surface area contributed by atoms with Gasteiger partial charge in [-0.3, -0.25) is 4.98 Å². The van der Waals surface area contributed by atoms with Crippen molar-refractivity contribution in [1.29, 1.82) is 0 Å². The third-order valence-electron chi connectivity index (χ3n) is 1.72. The van der Waals surface area contributed by atoms with Gasteiger partial charge in [-0.25, -0.2) is 0 Å². The zero-order valence-corrected chi connectivity index (χ0v) is 8.37. The second kappa shape index (κ2) is 3.75. The van der Waals surface area contributed by atoms with Crippen LogP contribution in [0.15, 0.2) is 18.5 Å². The van der Waals surface area contributed by atoms with Crippen molar-refractivity contribution >= 4 is 0 Å². The van der Waals surface area contributed by atoms with Crippen molar-refractivity contribution in [3.05, 3.63) is 24.0 Å². The van der Waals surface area contributed by atoms with Crippen LogP contribution in [0, 0.1) is 0 Å². The first kappa shape index (κ1) is 9.99. The largest absolute Gasteiger partial charge is 0.496 e. The highest BCUT2D eigenvalue weighted by molar-refractivity contribution is 5.31. The Morgan fingerprint density at radius 1 is 1.54 bits per heavy atom. The summed E-state index contributed by atoms with van der Waals surface area (Å²) in [6.07, 6.45) is 4.28. The minimum absolute atomic E-state index is 0.226. The normalized spacial score (nSPS) is 11.4. The van der Waals surface area contributed by atoms with E-state index in [4.69, 9.17) is 10.5 Å². The Balaban J connectivity index is 2.87. The van der Waals surface area contributed by atoms with E-state index < -0.39 is 0 Å². The highest BCUT2D eigenvalue weighted by Crippen LogP contribution is 2.20. The fraction of sp³-hybridized carbons (Fsp3) is 0.500. The van der Waals surface area contributed by atoms with Gasteiger partial charge in [-0.2, -0.15) is 0 Å². The van der Waals surface area contributed by atoms with Crippen LogP contribution in [0.2, 0.25) is 0 Å². The molecule has 0 unspecified atom stereocenters. The van der Waals surface area contributed by atoms with Gasteiger partial charge in [0.2, 0.25) is 0 Å². The molecule has 0 atom stereocenters. The second-order valence-corrected chi connectivity index (χ2v) is 3.85. The van der Waals surface area contributed by atoms with Crippen LogP contribution in [0.4, 0.5) is 0 Å². The molecule has 0 aromatic carbocycles. The van der Waals surface area contributed by atoms with E-state index in [0.29, 0.717) is 0 Å². The fourth-order valence-corrected chi connectivity index (χ4v) is 1.24. The molecule has 2 N–H and O–H groups in total. The molecule has 72 valence electrons. The fourth-order valence-electron chi connectivity index (χ4n) is 1.24. The number of nitrogens with zero attached hydrogens (tertiary/aromatic N) is 1. The highest BCUT2D eigenvalue weighted by atomic mass is 16.5. The lowest BCUT2D eigenvalue weighted by Gasteiger charge is -2.19. The lowest BCUT2D eigenvalue weighted by atomic mass is 9.97. The van der Waals surface area contributed by atoms with E-state index in [9.17, 15) is 0 Å². The molecule has 13 heavy (non-hydrogen) atoms. The average Bonchev–Trinajstić information content (AvgIpc) is 2.02. The molecule has 3 heteroatoms. The van der Waals surface area contributed by atoms with E-state index >= 15 is 0 Å². The molecule has 0 radical (unpaired) electrons. The van der Waals surface area contributed by atoms with Gasteiger partial charge < -0.3 is 10.5 Å². The number of pyridine rings is 1.